The maximum Gasteiger partial charge on any atom is 0.269 e. The lowest BCUT2D eigenvalue weighted by Gasteiger charge is -2.15. The highest BCUT2D eigenvalue weighted by molar-refractivity contribution is 7.89. The molecule has 1 aromatic carbocycles. The number of benzene rings is 1. The van der Waals surface area contributed by atoms with Crippen LogP contribution in [-0.4, -0.2) is 47.4 Å². The third kappa shape index (κ3) is 5.36. The number of sulfonamides is 1. The van der Waals surface area contributed by atoms with Crippen LogP contribution in [-0.2, 0) is 27.8 Å². The average molecular weight is 462 g/mol. The van der Waals surface area contributed by atoms with Crippen LogP contribution in [0, 0.1) is 19.8 Å². The Hall–Kier alpha value is -2.72. The van der Waals surface area contributed by atoms with Gasteiger partial charge in [0, 0.05) is 36.5 Å². The molecule has 0 radical (unpaired) electrons. The molecule has 10 heteroatoms. The lowest BCUT2D eigenvalue weighted by atomic mass is 10.1. The summed E-state index contributed by atoms with van der Waals surface area (Å²) in [6, 6.07) is 5.71. The molecule has 1 aliphatic rings. The first-order valence-electron chi connectivity index (χ1n) is 10.8. The van der Waals surface area contributed by atoms with Gasteiger partial charge in [0.1, 0.15) is 0 Å². The molecule has 174 valence electrons. The van der Waals surface area contributed by atoms with Crippen LogP contribution in [0.25, 0.3) is 0 Å². The number of aryl methyl sites for hydroxylation is 1. The van der Waals surface area contributed by atoms with Gasteiger partial charge in [-0.2, -0.15) is 9.40 Å². The molecule has 1 aliphatic heterocycles. The third-order valence-electron chi connectivity index (χ3n) is 5.54. The summed E-state index contributed by atoms with van der Waals surface area (Å²) >= 11 is 0. The van der Waals surface area contributed by atoms with Crippen LogP contribution in [0.5, 0.6) is 0 Å². The predicted octanol–water partition coefficient (Wildman–Crippen LogP) is 1.94. The van der Waals surface area contributed by atoms with Gasteiger partial charge >= 0.3 is 0 Å². The van der Waals surface area contributed by atoms with Gasteiger partial charge in [-0.25, -0.2) is 8.42 Å². The van der Waals surface area contributed by atoms with Gasteiger partial charge in [-0.1, -0.05) is 13.8 Å². The zero-order valence-electron chi connectivity index (χ0n) is 19.0. The Labute approximate surface area is 189 Å². The van der Waals surface area contributed by atoms with Crippen molar-refractivity contribution in [3.05, 3.63) is 46.8 Å². The summed E-state index contributed by atoms with van der Waals surface area (Å²) in [4.78, 5) is 24.9. The van der Waals surface area contributed by atoms with Gasteiger partial charge in [0.2, 0.25) is 15.9 Å². The zero-order valence-corrected chi connectivity index (χ0v) is 19.8. The normalized spacial score (nSPS) is 14.7. The fourth-order valence-electron chi connectivity index (χ4n) is 3.77. The second-order valence-electron chi connectivity index (χ2n) is 8.54. The van der Waals surface area contributed by atoms with Crippen LogP contribution in [0.3, 0.4) is 0 Å². The van der Waals surface area contributed by atoms with Crippen LogP contribution < -0.4 is 10.9 Å². The molecule has 0 unspecified atom stereocenters. The van der Waals surface area contributed by atoms with Gasteiger partial charge in [0.05, 0.1) is 17.0 Å². The Morgan fingerprint density at radius 1 is 1.06 bits per heavy atom. The number of hydrogen-bond acceptors (Lipinski definition) is 5. The molecule has 1 fully saturated rings. The Kier molecular flexibility index (Phi) is 7.35. The smallest absolute Gasteiger partial charge is 0.269 e. The van der Waals surface area contributed by atoms with Gasteiger partial charge in [-0.3, -0.25) is 25.1 Å². The minimum atomic E-state index is -3.53. The Morgan fingerprint density at radius 2 is 1.69 bits per heavy atom. The van der Waals surface area contributed by atoms with Crippen molar-refractivity contribution in [1.82, 2.24) is 24.9 Å². The van der Waals surface area contributed by atoms with Crippen molar-refractivity contribution in [2.75, 3.05) is 13.1 Å². The number of carbonyl (C=O) groups is 2. The number of aromatic nitrogens is 2. The van der Waals surface area contributed by atoms with Crippen molar-refractivity contribution >= 4 is 21.8 Å². The predicted molar refractivity (Wildman–Crippen MR) is 120 cm³/mol. The number of amides is 2. The van der Waals surface area contributed by atoms with E-state index in [0.717, 1.165) is 36.3 Å². The minimum absolute atomic E-state index is 0.100. The van der Waals surface area contributed by atoms with Crippen molar-refractivity contribution in [2.24, 2.45) is 5.92 Å². The third-order valence-corrected chi connectivity index (χ3v) is 7.45. The molecule has 0 aliphatic carbocycles. The van der Waals surface area contributed by atoms with E-state index in [0.29, 0.717) is 19.0 Å². The largest absolute Gasteiger partial charge is 0.273 e. The van der Waals surface area contributed by atoms with Gasteiger partial charge in [-0.15, -0.1) is 0 Å². The number of rotatable bonds is 7. The monoisotopic (exact) mass is 461 g/mol. The number of nitrogens with one attached hydrogen (secondary N) is 2. The molecule has 0 spiro atoms. The molecule has 2 aromatic rings. The highest BCUT2D eigenvalue weighted by Gasteiger charge is 2.27. The van der Waals surface area contributed by atoms with E-state index in [1.165, 1.54) is 28.6 Å². The van der Waals surface area contributed by atoms with E-state index < -0.39 is 15.9 Å². The van der Waals surface area contributed by atoms with E-state index in [-0.39, 0.29) is 22.8 Å². The van der Waals surface area contributed by atoms with Crippen LogP contribution in [0.2, 0.25) is 0 Å². The second-order valence-corrected chi connectivity index (χ2v) is 10.5. The molecule has 0 atom stereocenters. The summed E-state index contributed by atoms with van der Waals surface area (Å²) in [6.45, 7) is 9.82. The molecular formula is C22H31N5O4S. The summed E-state index contributed by atoms with van der Waals surface area (Å²) in [6.07, 6.45) is 1.82. The Bertz CT molecular complexity index is 1080. The molecule has 0 bridgehead atoms. The molecule has 3 rings (SSSR count). The summed E-state index contributed by atoms with van der Waals surface area (Å²) in [5.74, 6) is -0.444. The first kappa shape index (κ1) is 23.9. The fraction of sp³-hybridized carbons (Fsp3) is 0.500. The van der Waals surface area contributed by atoms with E-state index >= 15 is 0 Å². The lowest BCUT2D eigenvalue weighted by molar-refractivity contribution is -0.121. The van der Waals surface area contributed by atoms with Crippen molar-refractivity contribution in [3.8, 4) is 0 Å². The zero-order chi connectivity index (χ0) is 23.5. The summed E-state index contributed by atoms with van der Waals surface area (Å²) in [5, 5.41) is 4.50. The maximum absolute atomic E-state index is 12.6. The maximum atomic E-state index is 12.6. The molecule has 2 amide bonds. The lowest BCUT2D eigenvalue weighted by Crippen LogP contribution is -2.42. The van der Waals surface area contributed by atoms with Crippen molar-refractivity contribution in [2.45, 2.75) is 58.4 Å². The van der Waals surface area contributed by atoms with Gasteiger partial charge in [0.25, 0.3) is 5.91 Å². The first-order chi connectivity index (χ1) is 15.1. The SMILES string of the molecule is Cc1nn(CC(C)C)c(C)c1CC(=O)NNC(=O)c1ccc(S(=O)(=O)N2CCCC2)cc1. The molecule has 1 saturated heterocycles. The fourth-order valence-corrected chi connectivity index (χ4v) is 5.29. The first-order valence-corrected chi connectivity index (χ1v) is 12.3. The number of nitrogens with zero attached hydrogens (tertiary/aromatic N) is 3. The summed E-state index contributed by atoms with van der Waals surface area (Å²) in [5.41, 5.74) is 7.63. The van der Waals surface area contributed by atoms with Crippen LogP contribution in [0.1, 0.15) is 54.0 Å². The molecule has 0 saturated carbocycles. The van der Waals surface area contributed by atoms with E-state index in [1.807, 2.05) is 18.5 Å². The molecular weight excluding hydrogens is 430 g/mol. The Morgan fingerprint density at radius 3 is 2.28 bits per heavy atom. The molecule has 2 N–H and O–H groups in total. The number of carbonyl (C=O) groups excluding carboxylic acids is 2. The van der Waals surface area contributed by atoms with Crippen molar-refractivity contribution in [1.29, 1.82) is 0 Å². The van der Waals surface area contributed by atoms with E-state index in [9.17, 15) is 18.0 Å². The van der Waals surface area contributed by atoms with Crippen molar-refractivity contribution < 1.29 is 18.0 Å². The van der Waals surface area contributed by atoms with E-state index in [1.54, 1.807) is 0 Å². The van der Waals surface area contributed by atoms with Gasteiger partial charge < -0.3 is 0 Å². The van der Waals surface area contributed by atoms with E-state index in [2.05, 4.69) is 29.8 Å². The van der Waals surface area contributed by atoms with Gasteiger partial charge in [-0.05, 0) is 56.9 Å². The second kappa shape index (κ2) is 9.83. The summed E-state index contributed by atoms with van der Waals surface area (Å²) < 4.78 is 28.5. The molecule has 2 heterocycles. The minimum Gasteiger partial charge on any atom is -0.273 e. The van der Waals surface area contributed by atoms with E-state index in [4.69, 9.17) is 0 Å². The Balaban J connectivity index is 1.58. The molecule has 1 aromatic heterocycles. The summed E-state index contributed by atoms with van der Waals surface area (Å²) in [7, 11) is -3.53. The molecule has 32 heavy (non-hydrogen) atoms. The number of hydrogen-bond donors (Lipinski definition) is 2. The molecule has 9 nitrogen and oxygen atoms in total. The standard InChI is InChI=1S/C22H31N5O4S/c1-15(2)14-27-17(4)20(16(3)25-27)13-21(28)23-24-22(29)18-7-9-19(10-8-18)32(30,31)26-11-5-6-12-26/h7-10,15H,5-6,11-14H2,1-4H3,(H,23,28)(H,24,29). The topological polar surface area (TPSA) is 113 Å². The highest BCUT2D eigenvalue weighted by Crippen LogP contribution is 2.21. The highest BCUT2D eigenvalue weighted by atomic mass is 32.2. The van der Waals surface area contributed by atoms with Crippen molar-refractivity contribution in [3.63, 3.8) is 0 Å². The average Bonchev–Trinajstić information content (AvgIpc) is 3.37. The number of hydrazine groups is 1. The van der Waals surface area contributed by atoms with Gasteiger partial charge in [0.15, 0.2) is 0 Å². The quantitative estimate of drug-likeness (QED) is 0.612. The van der Waals surface area contributed by atoms with Crippen LogP contribution >= 0.6 is 0 Å². The van der Waals surface area contributed by atoms with Crippen LogP contribution in [0.15, 0.2) is 29.2 Å². The van der Waals surface area contributed by atoms with Crippen LogP contribution in [0.4, 0.5) is 0 Å².